The first-order valence-electron chi connectivity index (χ1n) is 13.4. The molecule has 42 heavy (non-hydrogen) atoms. The van der Waals surface area contributed by atoms with Crippen LogP contribution in [0.15, 0.2) is 72.8 Å². The van der Waals surface area contributed by atoms with Gasteiger partial charge in [0.2, 0.25) is 0 Å². The van der Waals surface area contributed by atoms with Crippen LogP contribution in [0.25, 0.3) is 10.9 Å². The predicted molar refractivity (Wildman–Crippen MR) is 146 cm³/mol. The minimum absolute atomic E-state index is 0.00936. The summed E-state index contributed by atoms with van der Waals surface area (Å²) in [6, 6.07) is 17.3. The summed E-state index contributed by atoms with van der Waals surface area (Å²) in [4.78, 5) is 26.5. The minimum atomic E-state index is -4.46. The van der Waals surface area contributed by atoms with E-state index in [0.717, 1.165) is 29.0 Å². The largest absolute Gasteiger partial charge is 0.492 e. The highest BCUT2D eigenvalue weighted by atomic mass is 19.4. The highest BCUT2D eigenvalue weighted by Gasteiger charge is 2.33. The lowest BCUT2D eigenvalue weighted by Gasteiger charge is -2.34. The number of fused-ring (bicyclic) bond motifs is 3. The highest BCUT2D eigenvalue weighted by Crippen LogP contribution is 2.35. The van der Waals surface area contributed by atoms with Crippen molar-refractivity contribution < 1.29 is 41.7 Å². The molecule has 0 unspecified atom stereocenters. The van der Waals surface area contributed by atoms with Gasteiger partial charge in [-0.05, 0) is 72.9 Å². The Balaban J connectivity index is 1.37. The van der Waals surface area contributed by atoms with Gasteiger partial charge in [-0.15, -0.1) is 0 Å². The van der Waals surface area contributed by atoms with Crippen molar-refractivity contribution in [1.29, 1.82) is 0 Å². The fraction of sp³-hybridized carbons (Fsp3) is 0.290. The number of hydrogen-bond acceptors (Lipinski definition) is 4. The van der Waals surface area contributed by atoms with Crippen LogP contribution in [-0.4, -0.2) is 45.8 Å². The number of carbonyl (C=O) groups is 2. The molecule has 1 aliphatic rings. The third kappa shape index (κ3) is 6.50. The molecule has 7 nitrogen and oxygen atoms in total. The number of ether oxygens (including phenoxy) is 2. The number of aromatic nitrogens is 1. The first-order chi connectivity index (χ1) is 20.1. The Kier molecular flexibility index (Phi) is 8.37. The number of amides is 1. The summed E-state index contributed by atoms with van der Waals surface area (Å²) in [5, 5.41) is 10.1. The summed E-state index contributed by atoms with van der Waals surface area (Å²) < 4.78 is 65.9. The van der Waals surface area contributed by atoms with Crippen molar-refractivity contribution in [2.75, 3.05) is 13.2 Å². The van der Waals surface area contributed by atoms with Crippen molar-refractivity contribution >= 4 is 23.0 Å². The molecule has 1 aliphatic carbocycles. The molecule has 1 aromatic heterocycles. The van der Waals surface area contributed by atoms with Crippen LogP contribution in [-0.2, 0) is 41.7 Å². The van der Waals surface area contributed by atoms with Crippen LogP contribution >= 0.6 is 0 Å². The zero-order valence-electron chi connectivity index (χ0n) is 22.4. The molecule has 0 fully saturated rings. The average Bonchev–Trinajstić information content (AvgIpc) is 3.25. The van der Waals surface area contributed by atoms with Gasteiger partial charge in [0, 0.05) is 22.6 Å². The summed E-state index contributed by atoms with van der Waals surface area (Å²) in [6.07, 6.45) is -3.78. The zero-order valence-corrected chi connectivity index (χ0v) is 22.4. The van der Waals surface area contributed by atoms with Crippen molar-refractivity contribution in [3.05, 3.63) is 101 Å². The summed E-state index contributed by atoms with van der Waals surface area (Å²) >= 11 is 0. The highest BCUT2D eigenvalue weighted by molar-refractivity contribution is 5.87. The molecule has 1 heterocycles. The Labute approximate surface area is 238 Å². The minimum Gasteiger partial charge on any atom is -0.492 e. The van der Waals surface area contributed by atoms with E-state index in [2.05, 4.69) is 0 Å². The Morgan fingerprint density at radius 3 is 2.45 bits per heavy atom. The van der Waals surface area contributed by atoms with E-state index in [9.17, 15) is 32.3 Å². The van der Waals surface area contributed by atoms with Crippen molar-refractivity contribution in [3.8, 4) is 5.75 Å². The molecular weight excluding hydrogens is 556 g/mol. The molecule has 0 spiro atoms. The van der Waals surface area contributed by atoms with Crippen LogP contribution < -0.4 is 4.74 Å². The third-order valence-electron chi connectivity index (χ3n) is 7.36. The van der Waals surface area contributed by atoms with E-state index in [1.165, 1.54) is 29.2 Å². The van der Waals surface area contributed by atoms with Gasteiger partial charge in [0.25, 0.3) is 0 Å². The monoisotopic (exact) mass is 584 g/mol. The number of aliphatic carboxylic acids is 1. The number of benzene rings is 3. The number of carboxylic acid groups (broad SMARTS) is 1. The lowest BCUT2D eigenvalue weighted by Crippen LogP contribution is -2.45. The number of nitrogens with zero attached hydrogens (tertiary/aromatic N) is 2. The van der Waals surface area contributed by atoms with Gasteiger partial charge < -0.3 is 24.0 Å². The Morgan fingerprint density at radius 1 is 1.02 bits per heavy atom. The molecule has 1 atom stereocenters. The van der Waals surface area contributed by atoms with Crippen LogP contribution in [0.5, 0.6) is 5.75 Å². The SMILES string of the molecule is O=C(O)Cn1c2c(c3cc(F)ccc31)C[C@@H](N(CCOc1ccc(C(F)(F)F)cc1)C(=O)OCc1ccccc1)CC2. The molecule has 5 rings (SSSR count). The molecule has 0 radical (unpaired) electrons. The number of carboxylic acids is 1. The van der Waals surface area contributed by atoms with Crippen molar-refractivity contribution in [2.24, 2.45) is 0 Å². The van der Waals surface area contributed by atoms with E-state index >= 15 is 0 Å². The lowest BCUT2D eigenvalue weighted by molar-refractivity contribution is -0.138. The lowest BCUT2D eigenvalue weighted by atomic mass is 9.90. The normalized spacial score (nSPS) is 14.8. The van der Waals surface area contributed by atoms with Crippen LogP contribution in [0, 0.1) is 5.82 Å². The Hall–Kier alpha value is -4.54. The number of halogens is 4. The third-order valence-corrected chi connectivity index (χ3v) is 7.36. The second-order valence-corrected chi connectivity index (χ2v) is 10.1. The average molecular weight is 585 g/mol. The molecule has 0 aliphatic heterocycles. The zero-order chi connectivity index (χ0) is 29.9. The molecule has 0 saturated carbocycles. The molecule has 3 aromatic carbocycles. The molecule has 220 valence electrons. The van der Waals surface area contributed by atoms with E-state index in [1.807, 2.05) is 30.3 Å². The summed E-state index contributed by atoms with van der Waals surface area (Å²) in [6.45, 7) is -0.162. The Bertz CT molecular complexity index is 1570. The summed E-state index contributed by atoms with van der Waals surface area (Å²) in [5.74, 6) is -1.25. The van der Waals surface area contributed by atoms with Crippen LogP contribution in [0.1, 0.15) is 28.8 Å². The van der Waals surface area contributed by atoms with Crippen molar-refractivity contribution in [2.45, 2.75) is 44.6 Å². The molecular formula is C31H28F4N2O5. The molecule has 11 heteroatoms. The number of rotatable bonds is 9. The van der Waals surface area contributed by atoms with E-state index in [-0.39, 0.29) is 38.1 Å². The van der Waals surface area contributed by atoms with E-state index < -0.39 is 29.6 Å². The Morgan fingerprint density at radius 2 is 1.76 bits per heavy atom. The summed E-state index contributed by atoms with van der Waals surface area (Å²) in [5.41, 5.74) is 2.16. The molecule has 4 aromatic rings. The quantitative estimate of drug-likeness (QED) is 0.229. The molecule has 0 bridgehead atoms. The second kappa shape index (κ2) is 12.1. The van der Waals surface area contributed by atoms with Gasteiger partial charge >= 0.3 is 18.2 Å². The first kappa shape index (κ1) is 29.0. The van der Waals surface area contributed by atoms with Crippen LogP contribution in [0.4, 0.5) is 22.4 Å². The van der Waals surface area contributed by atoms with E-state index in [0.29, 0.717) is 30.2 Å². The smallest absolute Gasteiger partial charge is 0.416 e. The van der Waals surface area contributed by atoms with Gasteiger partial charge in [0.1, 0.15) is 31.3 Å². The number of hydrogen-bond donors (Lipinski definition) is 1. The van der Waals surface area contributed by atoms with Gasteiger partial charge in [-0.3, -0.25) is 4.79 Å². The van der Waals surface area contributed by atoms with Crippen LogP contribution in [0.2, 0.25) is 0 Å². The predicted octanol–water partition coefficient (Wildman–Crippen LogP) is 6.46. The first-order valence-corrected chi connectivity index (χ1v) is 13.4. The topological polar surface area (TPSA) is 81.0 Å². The fourth-order valence-corrected chi connectivity index (χ4v) is 5.41. The molecule has 1 amide bonds. The molecule has 1 N–H and O–H groups in total. The van der Waals surface area contributed by atoms with Gasteiger partial charge in [0.15, 0.2) is 0 Å². The maximum atomic E-state index is 14.3. The van der Waals surface area contributed by atoms with Crippen LogP contribution in [0.3, 0.4) is 0 Å². The second-order valence-electron chi connectivity index (χ2n) is 10.1. The summed E-state index contributed by atoms with van der Waals surface area (Å²) in [7, 11) is 0. The van der Waals surface area contributed by atoms with Gasteiger partial charge in [-0.25, -0.2) is 9.18 Å². The van der Waals surface area contributed by atoms with Gasteiger partial charge in [-0.1, -0.05) is 30.3 Å². The van der Waals surface area contributed by atoms with Crippen molar-refractivity contribution in [3.63, 3.8) is 0 Å². The van der Waals surface area contributed by atoms with E-state index in [1.54, 1.807) is 10.6 Å². The van der Waals surface area contributed by atoms with Gasteiger partial charge in [-0.2, -0.15) is 13.2 Å². The molecule has 0 saturated heterocycles. The fourth-order valence-electron chi connectivity index (χ4n) is 5.41. The number of carbonyl (C=O) groups excluding carboxylic acids is 1. The van der Waals surface area contributed by atoms with Gasteiger partial charge in [0.05, 0.1) is 12.1 Å². The maximum Gasteiger partial charge on any atom is 0.416 e. The van der Waals surface area contributed by atoms with E-state index in [4.69, 9.17) is 9.47 Å². The van der Waals surface area contributed by atoms with Crippen molar-refractivity contribution in [1.82, 2.24) is 9.47 Å². The maximum absolute atomic E-state index is 14.3. The standard InChI is InChI=1S/C31H28F4N2O5/c32-22-8-12-27-25(16-22)26-17-23(9-13-28(26)37(27)18-29(38)39)36(30(40)42-19-20-4-2-1-3-5-20)14-15-41-24-10-6-21(7-11-24)31(33,34)35/h1-8,10-12,16,23H,9,13-15,17-19H2,(H,38,39)/t23-/m0/s1. The number of alkyl halides is 3.